The largest absolute Gasteiger partial charge is 0.485 e. The van der Waals surface area contributed by atoms with Crippen LogP contribution in [0.1, 0.15) is 32.1 Å². The van der Waals surface area contributed by atoms with Crippen LogP contribution in [0.25, 0.3) is 0 Å². The molecular weight excluding hydrogens is 300 g/mol. The molecule has 4 heterocycles. The molecule has 1 aromatic rings. The number of pyridine rings is 1. The summed E-state index contributed by atoms with van der Waals surface area (Å²) in [4.78, 5) is 12.1. The second-order valence-corrected chi connectivity index (χ2v) is 7.58. The minimum absolute atomic E-state index is 0.308. The van der Waals surface area contributed by atoms with Gasteiger partial charge >= 0.3 is 0 Å². The summed E-state index contributed by atoms with van der Waals surface area (Å²) in [7, 11) is 2.26. The predicted molar refractivity (Wildman–Crippen MR) is 96.8 cm³/mol. The number of ether oxygens (including phenoxy) is 1. The van der Waals surface area contributed by atoms with E-state index < -0.39 is 0 Å². The maximum atomic E-state index is 6.38. The molecule has 3 aliphatic rings. The molecule has 5 heteroatoms. The lowest BCUT2D eigenvalue weighted by Gasteiger charge is -2.26. The SMILES string of the molecule is CN1CCC[C@@H]1CN1CC[C@H](Oc2cccnc2N2CCCC2)C1. The zero-order valence-corrected chi connectivity index (χ0v) is 14.9. The fourth-order valence-electron chi connectivity index (χ4n) is 4.39. The van der Waals surface area contributed by atoms with E-state index in [1.165, 1.54) is 38.8 Å². The number of hydrogen-bond acceptors (Lipinski definition) is 5. The zero-order valence-electron chi connectivity index (χ0n) is 14.9. The molecule has 0 aliphatic carbocycles. The average Bonchev–Trinajstić information content (AvgIpc) is 3.32. The molecule has 3 fully saturated rings. The van der Waals surface area contributed by atoms with Crippen LogP contribution in [-0.2, 0) is 0 Å². The van der Waals surface area contributed by atoms with Crippen LogP contribution in [0.4, 0.5) is 5.82 Å². The first kappa shape index (κ1) is 16.2. The third kappa shape index (κ3) is 3.52. The van der Waals surface area contributed by atoms with Gasteiger partial charge in [-0.15, -0.1) is 0 Å². The Morgan fingerprint density at radius 1 is 1.12 bits per heavy atom. The molecule has 0 spiro atoms. The standard InChI is InChI=1S/C19H30N4O/c1-21-10-5-6-16(21)14-22-13-8-17(15-22)24-18-7-4-9-20-19(18)23-11-2-3-12-23/h4,7,9,16-17H,2-3,5-6,8,10-15H2,1H3/t16-,17+/m1/s1. The molecule has 4 rings (SSSR count). The lowest BCUT2D eigenvalue weighted by Crippen LogP contribution is -2.38. The van der Waals surface area contributed by atoms with Gasteiger partial charge in [-0.05, 0) is 57.8 Å². The maximum Gasteiger partial charge on any atom is 0.171 e. The Kier molecular flexibility index (Phi) is 4.90. The van der Waals surface area contributed by atoms with Crippen LogP contribution in [0.5, 0.6) is 5.75 Å². The van der Waals surface area contributed by atoms with E-state index in [0.29, 0.717) is 6.10 Å². The van der Waals surface area contributed by atoms with Crippen molar-refractivity contribution in [2.45, 2.75) is 44.2 Å². The van der Waals surface area contributed by atoms with Crippen molar-refractivity contribution in [1.82, 2.24) is 14.8 Å². The third-order valence-corrected chi connectivity index (χ3v) is 5.82. The highest BCUT2D eigenvalue weighted by molar-refractivity contribution is 5.52. The average molecular weight is 330 g/mol. The number of nitrogens with zero attached hydrogens (tertiary/aromatic N) is 4. The molecular formula is C19H30N4O. The molecule has 132 valence electrons. The van der Waals surface area contributed by atoms with Gasteiger partial charge < -0.3 is 14.5 Å². The smallest absolute Gasteiger partial charge is 0.171 e. The summed E-state index contributed by atoms with van der Waals surface area (Å²) in [5.41, 5.74) is 0. The van der Waals surface area contributed by atoms with E-state index in [1.807, 2.05) is 12.3 Å². The van der Waals surface area contributed by atoms with Crippen molar-refractivity contribution >= 4 is 5.82 Å². The van der Waals surface area contributed by atoms with Gasteiger partial charge in [-0.25, -0.2) is 4.98 Å². The highest BCUT2D eigenvalue weighted by Gasteiger charge is 2.30. The molecule has 0 N–H and O–H groups in total. The molecule has 0 saturated carbocycles. The first-order valence-corrected chi connectivity index (χ1v) is 9.59. The van der Waals surface area contributed by atoms with E-state index in [9.17, 15) is 0 Å². The van der Waals surface area contributed by atoms with Gasteiger partial charge in [0.1, 0.15) is 6.10 Å². The zero-order chi connectivity index (χ0) is 16.4. The Morgan fingerprint density at radius 3 is 2.79 bits per heavy atom. The molecule has 2 atom stereocenters. The number of rotatable bonds is 5. The van der Waals surface area contributed by atoms with Crippen molar-refractivity contribution in [3.63, 3.8) is 0 Å². The van der Waals surface area contributed by atoms with E-state index in [4.69, 9.17) is 4.74 Å². The summed E-state index contributed by atoms with van der Waals surface area (Å²) in [5.74, 6) is 2.02. The van der Waals surface area contributed by atoms with Gasteiger partial charge in [0.05, 0.1) is 0 Å². The first-order chi connectivity index (χ1) is 11.8. The summed E-state index contributed by atoms with van der Waals surface area (Å²) in [6.07, 6.45) is 8.55. The molecule has 0 bridgehead atoms. The first-order valence-electron chi connectivity index (χ1n) is 9.59. The van der Waals surface area contributed by atoms with Crippen molar-refractivity contribution in [1.29, 1.82) is 0 Å². The van der Waals surface area contributed by atoms with E-state index >= 15 is 0 Å². The summed E-state index contributed by atoms with van der Waals surface area (Å²) in [6.45, 7) is 6.89. The normalized spacial score (nSPS) is 28.8. The topological polar surface area (TPSA) is 31.8 Å². The number of likely N-dealkylation sites (N-methyl/N-ethyl adjacent to an activating group) is 1. The van der Waals surface area contributed by atoms with Crippen LogP contribution < -0.4 is 9.64 Å². The monoisotopic (exact) mass is 330 g/mol. The molecule has 5 nitrogen and oxygen atoms in total. The molecule has 0 radical (unpaired) electrons. The van der Waals surface area contributed by atoms with Gasteiger partial charge in [0.15, 0.2) is 11.6 Å². The van der Waals surface area contributed by atoms with Gasteiger partial charge in [0.25, 0.3) is 0 Å². The summed E-state index contributed by atoms with van der Waals surface area (Å²) < 4.78 is 6.38. The van der Waals surface area contributed by atoms with E-state index in [-0.39, 0.29) is 0 Å². The molecule has 1 aromatic heterocycles. The molecule has 0 aromatic carbocycles. The summed E-state index contributed by atoms with van der Waals surface area (Å²) in [5, 5.41) is 0. The predicted octanol–water partition coefficient (Wildman–Crippen LogP) is 2.23. The number of anilines is 1. The maximum absolute atomic E-state index is 6.38. The van der Waals surface area contributed by atoms with Gasteiger partial charge in [0, 0.05) is 45.0 Å². The third-order valence-electron chi connectivity index (χ3n) is 5.82. The van der Waals surface area contributed by atoms with Crippen LogP contribution in [0.2, 0.25) is 0 Å². The molecule has 3 aliphatic heterocycles. The van der Waals surface area contributed by atoms with Crippen molar-refractivity contribution in [2.24, 2.45) is 0 Å². The fourth-order valence-corrected chi connectivity index (χ4v) is 4.39. The Morgan fingerprint density at radius 2 is 2.00 bits per heavy atom. The number of likely N-dealkylation sites (tertiary alicyclic amines) is 2. The minimum Gasteiger partial charge on any atom is -0.485 e. The highest BCUT2D eigenvalue weighted by Crippen LogP contribution is 2.30. The second kappa shape index (κ2) is 7.28. The lowest BCUT2D eigenvalue weighted by atomic mass is 10.2. The molecule has 24 heavy (non-hydrogen) atoms. The van der Waals surface area contributed by atoms with Crippen molar-refractivity contribution < 1.29 is 4.74 Å². The van der Waals surface area contributed by atoms with E-state index in [1.54, 1.807) is 0 Å². The fraction of sp³-hybridized carbons (Fsp3) is 0.737. The van der Waals surface area contributed by atoms with Gasteiger partial charge in [-0.1, -0.05) is 0 Å². The van der Waals surface area contributed by atoms with Crippen LogP contribution >= 0.6 is 0 Å². The van der Waals surface area contributed by atoms with Crippen LogP contribution in [0.15, 0.2) is 18.3 Å². The molecule has 3 saturated heterocycles. The van der Waals surface area contributed by atoms with Gasteiger partial charge in [-0.3, -0.25) is 4.90 Å². The number of hydrogen-bond donors (Lipinski definition) is 0. The summed E-state index contributed by atoms with van der Waals surface area (Å²) >= 11 is 0. The van der Waals surface area contributed by atoms with E-state index in [2.05, 4.69) is 32.8 Å². The highest BCUT2D eigenvalue weighted by atomic mass is 16.5. The van der Waals surface area contributed by atoms with Gasteiger partial charge in [-0.2, -0.15) is 0 Å². The quantitative estimate of drug-likeness (QED) is 0.826. The van der Waals surface area contributed by atoms with Gasteiger partial charge in [0.2, 0.25) is 0 Å². The van der Waals surface area contributed by atoms with Crippen molar-refractivity contribution in [2.75, 3.05) is 51.2 Å². The van der Waals surface area contributed by atoms with E-state index in [0.717, 1.165) is 50.2 Å². The van der Waals surface area contributed by atoms with Crippen molar-refractivity contribution in [3.8, 4) is 5.75 Å². The van der Waals surface area contributed by atoms with Crippen LogP contribution in [0, 0.1) is 0 Å². The Balaban J connectivity index is 1.35. The molecule has 0 unspecified atom stereocenters. The lowest BCUT2D eigenvalue weighted by molar-refractivity contribution is 0.179. The Labute approximate surface area is 145 Å². The minimum atomic E-state index is 0.308. The second-order valence-electron chi connectivity index (χ2n) is 7.58. The number of aromatic nitrogens is 1. The van der Waals surface area contributed by atoms with Crippen LogP contribution in [-0.4, -0.2) is 73.2 Å². The Hall–Kier alpha value is -1.33. The van der Waals surface area contributed by atoms with Crippen molar-refractivity contribution in [3.05, 3.63) is 18.3 Å². The molecule has 0 amide bonds. The van der Waals surface area contributed by atoms with Crippen LogP contribution in [0.3, 0.4) is 0 Å². The summed E-state index contributed by atoms with van der Waals surface area (Å²) in [6, 6.07) is 4.82. The Bertz CT molecular complexity index is 546.